The van der Waals surface area contributed by atoms with Crippen molar-refractivity contribution in [3.63, 3.8) is 0 Å². The number of amides is 2. The maximum atomic E-state index is 11.7. The molecule has 1 aromatic carbocycles. The van der Waals surface area contributed by atoms with Crippen LogP contribution in [0, 0.1) is 5.41 Å². The van der Waals surface area contributed by atoms with E-state index in [2.05, 4.69) is 24.5 Å². The lowest BCUT2D eigenvalue weighted by molar-refractivity contribution is 0.242. The summed E-state index contributed by atoms with van der Waals surface area (Å²) in [5.74, 6) is 0. The lowest BCUT2D eigenvalue weighted by Gasteiger charge is -2.24. The van der Waals surface area contributed by atoms with Crippen LogP contribution in [-0.2, 0) is 0 Å². The molecule has 0 atom stereocenters. The number of carbonyl (C=O) groups excluding carboxylic acids is 1. The zero-order valence-corrected chi connectivity index (χ0v) is 11.2. The first-order valence-corrected chi connectivity index (χ1v) is 6.33. The maximum Gasteiger partial charge on any atom is 0.319 e. The molecule has 0 spiro atoms. The third-order valence-electron chi connectivity index (χ3n) is 2.82. The molecule has 0 bridgehead atoms. The summed E-state index contributed by atoms with van der Waals surface area (Å²) in [6.45, 7) is 5.60. The predicted molar refractivity (Wildman–Crippen MR) is 75.5 cm³/mol. The minimum atomic E-state index is -0.165. The van der Waals surface area contributed by atoms with Gasteiger partial charge in [-0.25, -0.2) is 4.79 Å². The van der Waals surface area contributed by atoms with E-state index in [0.717, 1.165) is 18.5 Å². The van der Waals surface area contributed by atoms with Gasteiger partial charge >= 0.3 is 6.03 Å². The lowest BCUT2D eigenvalue weighted by Crippen LogP contribution is -2.37. The quantitative estimate of drug-likeness (QED) is 0.725. The highest BCUT2D eigenvalue weighted by molar-refractivity contribution is 5.89. The molecule has 0 fully saturated rings. The molecule has 0 aliphatic heterocycles. The SMILES string of the molecule is CC(C)(CCCN)CNC(=O)Nc1ccccc1. The van der Waals surface area contributed by atoms with Crippen molar-refractivity contribution in [3.05, 3.63) is 30.3 Å². The summed E-state index contributed by atoms with van der Waals surface area (Å²) < 4.78 is 0. The molecule has 100 valence electrons. The third kappa shape index (κ3) is 5.68. The van der Waals surface area contributed by atoms with Crippen LogP contribution in [0.25, 0.3) is 0 Å². The van der Waals surface area contributed by atoms with Crippen molar-refractivity contribution in [1.29, 1.82) is 0 Å². The fraction of sp³-hybridized carbons (Fsp3) is 0.500. The summed E-state index contributed by atoms with van der Waals surface area (Å²) in [5, 5.41) is 5.69. The molecule has 2 amide bonds. The van der Waals surface area contributed by atoms with E-state index < -0.39 is 0 Å². The average Bonchev–Trinajstić information content (AvgIpc) is 2.36. The topological polar surface area (TPSA) is 67.1 Å². The molecule has 0 heterocycles. The molecule has 0 saturated heterocycles. The first-order chi connectivity index (χ1) is 8.53. The van der Waals surface area contributed by atoms with E-state index in [1.807, 2.05) is 30.3 Å². The summed E-state index contributed by atoms with van der Waals surface area (Å²) in [5.41, 5.74) is 6.37. The second-order valence-corrected chi connectivity index (χ2v) is 5.23. The predicted octanol–water partition coefficient (Wildman–Crippen LogP) is 2.57. The van der Waals surface area contributed by atoms with Crippen LogP contribution in [0.1, 0.15) is 26.7 Å². The Morgan fingerprint density at radius 1 is 1.28 bits per heavy atom. The second-order valence-electron chi connectivity index (χ2n) is 5.23. The minimum absolute atomic E-state index is 0.0768. The molecule has 1 aromatic rings. The Labute approximate surface area is 109 Å². The summed E-state index contributed by atoms with van der Waals surface area (Å²) in [4.78, 5) is 11.7. The van der Waals surface area contributed by atoms with Crippen LogP contribution >= 0.6 is 0 Å². The fourth-order valence-corrected chi connectivity index (χ4v) is 1.69. The van der Waals surface area contributed by atoms with Crippen molar-refractivity contribution >= 4 is 11.7 Å². The zero-order valence-electron chi connectivity index (χ0n) is 11.2. The Morgan fingerprint density at radius 3 is 2.56 bits per heavy atom. The Bertz CT molecular complexity index is 363. The van der Waals surface area contributed by atoms with Crippen molar-refractivity contribution in [2.75, 3.05) is 18.4 Å². The first kappa shape index (κ1) is 14.5. The zero-order chi connectivity index (χ0) is 13.4. The highest BCUT2D eigenvalue weighted by Gasteiger charge is 2.17. The summed E-state index contributed by atoms with van der Waals surface area (Å²) in [6.07, 6.45) is 1.99. The number of para-hydroxylation sites is 1. The number of hydrogen-bond acceptors (Lipinski definition) is 2. The molecular weight excluding hydrogens is 226 g/mol. The number of benzene rings is 1. The van der Waals surface area contributed by atoms with Crippen LogP contribution < -0.4 is 16.4 Å². The van der Waals surface area contributed by atoms with Crippen molar-refractivity contribution < 1.29 is 4.79 Å². The molecule has 0 unspecified atom stereocenters. The number of urea groups is 1. The highest BCUT2D eigenvalue weighted by atomic mass is 16.2. The van der Waals surface area contributed by atoms with E-state index in [9.17, 15) is 4.79 Å². The van der Waals surface area contributed by atoms with E-state index in [1.165, 1.54) is 0 Å². The molecule has 4 nitrogen and oxygen atoms in total. The monoisotopic (exact) mass is 249 g/mol. The largest absolute Gasteiger partial charge is 0.337 e. The van der Waals surface area contributed by atoms with E-state index in [1.54, 1.807) is 0 Å². The van der Waals surface area contributed by atoms with Crippen molar-refractivity contribution in [2.45, 2.75) is 26.7 Å². The number of hydrogen-bond donors (Lipinski definition) is 3. The molecule has 4 heteroatoms. The molecule has 0 radical (unpaired) electrons. The van der Waals surface area contributed by atoms with Gasteiger partial charge in [-0.2, -0.15) is 0 Å². The molecule has 0 saturated carbocycles. The van der Waals surface area contributed by atoms with Gasteiger partial charge in [0, 0.05) is 12.2 Å². The van der Waals surface area contributed by atoms with Gasteiger partial charge in [0.25, 0.3) is 0 Å². The normalized spacial score (nSPS) is 11.1. The summed E-state index contributed by atoms with van der Waals surface area (Å²) in [7, 11) is 0. The standard InChI is InChI=1S/C14H23N3O/c1-14(2,9-6-10-15)11-16-13(18)17-12-7-4-3-5-8-12/h3-5,7-8H,6,9-11,15H2,1-2H3,(H2,16,17,18). The van der Waals surface area contributed by atoms with Gasteiger partial charge in [-0.15, -0.1) is 0 Å². The van der Waals surface area contributed by atoms with Gasteiger partial charge in [0.15, 0.2) is 0 Å². The Hall–Kier alpha value is -1.55. The average molecular weight is 249 g/mol. The van der Waals surface area contributed by atoms with Crippen molar-refractivity contribution in [1.82, 2.24) is 5.32 Å². The minimum Gasteiger partial charge on any atom is -0.337 e. The highest BCUT2D eigenvalue weighted by Crippen LogP contribution is 2.20. The van der Waals surface area contributed by atoms with Gasteiger partial charge < -0.3 is 16.4 Å². The third-order valence-corrected chi connectivity index (χ3v) is 2.82. The number of rotatable bonds is 6. The van der Waals surface area contributed by atoms with Crippen LogP contribution in [0.4, 0.5) is 10.5 Å². The summed E-state index contributed by atoms with van der Waals surface area (Å²) in [6, 6.07) is 9.25. The van der Waals surface area contributed by atoms with Crippen LogP contribution in [0.3, 0.4) is 0 Å². The molecule has 4 N–H and O–H groups in total. The number of carbonyl (C=O) groups is 1. The van der Waals surface area contributed by atoms with Gasteiger partial charge in [0.1, 0.15) is 0 Å². The molecule has 0 aromatic heterocycles. The van der Waals surface area contributed by atoms with Crippen LogP contribution in [-0.4, -0.2) is 19.1 Å². The van der Waals surface area contributed by atoms with Gasteiger partial charge in [-0.1, -0.05) is 32.0 Å². The smallest absolute Gasteiger partial charge is 0.319 e. The van der Waals surface area contributed by atoms with Crippen LogP contribution in [0.15, 0.2) is 30.3 Å². The van der Waals surface area contributed by atoms with Crippen LogP contribution in [0.2, 0.25) is 0 Å². The Balaban J connectivity index is 2.33. The van der Waals surface area contributed by atoms with Crippen LogP contribution in [0.5, 0.6) is 0 Å². The fourth-order valence-electron chi connectivity index (χ4n) is 1.69. The van der Waals surface area contributed by atoms with E-state index in [4.69, 9.17) is 5.73 Å². The Kier molecular flexibility index (Phi) is 5.65. The van der Waals surface area contributed by atoms with Gasteiger partial charge in [0.05, 0.1) is 0 Å². The Morgan fingerprint density at radius 2 is 1.94 bits per heavy atom. The van der Waals surface area contributed by atoms with Crippen molar-refractivity contribution in [2.24, 2.45) is 11.1 Å². The lowest BCUT2D eigenvalue weighted by atomic mass is 9.88. The maximum absolute atomic E-state index is 11.7. The molecule has 0 aliphatic rings. The van der Waals surface area contributed by atoms with Gasteiger partial charge in [-0.3, -0.25) is 0 Å². The molecule has 18 heavy (non-hydrogen) atoms. The molecular formula is C14H23N3O. The van der Waals surface area contributed by atoms with Crippen molar-refractivity contribution in [3.8, 4) is 0 Å². The number of nitrogens with one attached hydrogen (secondary N) is 2. The van der Waals surface area contributed by atoms with Gasteiger partial charge in [-0.05, 0) is 36.9 Å². The molecule has 0 aliphatic carbocycles. The first-order valence-electron chi connectivity index (χ1n) is 6.33. The van der Waals surface area contributed by atoms with E-state index >= 15 is 0 Å². The number of nitrogens with two attached hydrogens (primary N) is 1. The molecule has 1 rings (SSSR count). The number of anilines is 1. The van der Waals surface area contributed by atoms with E-state index in [0.29, 0.717) is 13.1 Å². The van der Waals surface area contributed by atoms with E-state index in [-0.39, 0.29) is 11.4 Å². The van der Waals surface area contributed by atoms with Gasteiger partial charge in [0.2, 0.25) is 0 Å². The second kappa shape index (κ2) is 7.01. The summed E-state index contributed by atoms with van der Waals surface area (Å²) >= 11 is 0.